The van der Waals surface area contributed by atoms with E-state index >= 15 is 0 Å². The second kappa shape index (κ2) is 14.6. The molecule has 25 heavy (non-hydrogen) atoms. The Labute approximate surface area is 156 Å². The van der Waals surface area contributed by atoms with Gasteiger partial charge in [0.15, 0.2) is 0 Å². The predicted molar refractivity (Wildman–Crippen MR) is 107 cm³/mol. The maximum absolute atomic E-state index is 11.6. The summed E-state index contributed by atoms with van der Waals surface area (Å²) in [6.07, 6.45) is 24.4. The molecule has 0 aliphatic heterocycles. The Bertz CT molecular complexity index is 308. The van der Waals surface area contributed by atoms with Crippen molar-refractivity contribution in [3.8, 4) is 0 Å². The molecule has 0 radical (unpaired) electrons. The summed E-state index contributed by atoms with van der Waals surface area (Å²) in [4.78, 5) is 11.6. The highest BCUT2D eigenvalue weighted by Gasteiger charge is 2.32. The Balaban J connectivity index is 2.31. The molecule has 148 valence electrons. The molecule has 3 nitrogen and oxygen atoms in total. The zero-order chi connectivity index (χ0) is 18.2. The van der Waals surface area contributed by atoms with E-state index in [9.17, 15) is 9.90 Å². The first-order valence-corrected chi connectivity index (χ1v) is 11.2. The van der Waals surface area contributed by atoms with Crippen molar-refractivity contribution in [1.29, 1.82) is 0 Å². The molecule has 0 aromatic rings. The first kappa shape index (κ1) is 22.5. The van der Waals surface area contributed by atoms with Crippen molar-refractivity contribution in [3.05, 3.63) is 0 Å². The number of hydrogen-bond acceptors (Lipinski definition) is 2. The van der Waals surface area contributed by atoms with Crippen LogP contribution in [0.3, 0.4) is 0 Å². The minimum atomic E-state index is -0.987. The molecule has 1 fully saturated rings. The third-order valence-corrected chi connectivity index (χ3v) is 5.92. The fourth-order valence-corrected chi connectivity index (χ4v) is 4.05. The molecular formula is C22H43NO2. The topological polar surface area (TPSA) is 63.3 Å². The van der Waals surface area contributed by atoms with Crippen LogP contribution in [0.5, 0.6) is 0 Å². The summed E-state index contributed by atoms with van der Waals surface area (Å²) in [5, 5.41) is 9.51. The Kier molecular flexibility index (Phi) is 13.1. The molecule has 1 aliphatic carbocycles. The van der Waals surface area contributed by atoms with Crippen molar-refractivity contribution in [2.45, 2.75) is 134 Å². The molecule has 0 amide bonds. The average Bonchev–Trinajstić information content (AvgIpc) is 2.59. The van der Waals surface area contributed by atoms with Gasteiger partial charge in [0.05, 0.1) is 0 Å². The lowest BCUT2D eigenvalue weighted by atomic mass is 9.87. The summed E-state index contributed by atoms with van der Waals surface area (Å²) in [5.74, 6) is -0.800. The molecule has 0 unspecified atom stereocenters. The van der Waals surface area contributed by atoms with Gasteiger partial charge in [-0.1, -0.05) is 116 Å². The van der Waals surface area contributed by atoms with Gasteiger partial charge in [-0.25, -0.2) is 0 Å². The molecule has 0 atom stereocenters. The number of carboxylic acids is 1. The second-order valence-electron chi connectivity index (χ2n) is 8.33. The number of nitrogens with two attached hydrogens (primary N) is 1. The molecule has 0 heterocycles. The van der Waals surface area contributed by atoms with Crippen LogP contribution in [-0.4, -0.2) is 16.6 Å². The summed E-state index contributed by atoms with van der Waals surface area (Å²) in [6, 6.07) is 0. The van der Waals surface area contributed by atoms with Crippen molar-refractivity contribution in [1.82, 2.24) is 0 Å². The zero-order valence-electron chi connectivity index (χ0n) is 16.6. The van der Waals surface area contributed by atoms with Crippen LogP contribution in [0, 0.1) is 0 Å². The van der Waals surface area contributed by atoms with Gasteiger partial charge in [0.25, 0.3) is 0 Å². The van der Waals surface area contributed by atoms with E-state index in [1.165, 1.54) is 89.9 Å². The largest absolute Gasteiger partial charge is 0.480 e. The van der Waals surface area contributed by atoms with Gasteiger partial charge in [-0.05, 0) is 12.8 Å². The zero-order valence-corrected chi connectivity index (χ0v) is 16.6. The van der Waals surface area contributed by atoms with Gasteiger partial charge in [0.2, 0.25) is 0 Å². The monoisotopic (exact) mass is 353 g/mol. The van der Waals surface area contributed by atoms with Gasteiger partial charge in [0, 0.05) is 0 Å². The van der Waals surface area contributed by atoms with Gasteiger partial charge in [0.1, 0.15) is 5.54 Å². The van der Waals surface area contributed by atoms with E-state index < -0.39 is 11.5 Å². The van der Waals surface area contributed by atoms with Gasteiger partial charge in [-0.3, -0.25) is 4.79 Å². The maximum atomic E-state index is 11.6. The van der Waals surface area contributed by atoms with Crippen LogP contribution in [-0.2, 0) is 4.79 Å². The van der Waals surface area contributed by atoms with E-state index in [0.29, 0.717) is 12.8 Å². The molecule has 3 heteroatoms. The van der Waals surface area contributed by atoms with Gasteiger partial charge in [-0.2, -0.15) is 0 Å². The van der Waals surface area contributed by atoms with E-state index in [4.69, 9.17) is 5.73 Å². The summed E-state index contributed by atoms with van der Waals surface area (Å²) in [7, 11) is 0. The van der Waals surface area contributed by atoms with Crippen LogP contribution in [0.15, 0.2) is 0 Å². The van der Waals surface area contributed by atoms with Gasteiger partial charge in [-0.15, -0.1) is 0 Å². The van der Waals surface area contributed by atoms with Crippen molar-refractivity contribution in [3.63, 3.8) is 0 Å². The first-order chi connectivity index (χ1) is 12.2. The quantitative estimate of drug-likeness (QED) is 0.559. The van der Waals surface area contributed by atoms with E-state index in [2.05, 4.69) is 0 Å². The van der Waals surface area contributed by atoms with Crippen molar-refractivity contribution in [2.75, 3.05) is 0 Å². The average molecular weight is 354 g/mol. The summed E-state index contributed by atoms with van der Waals surface area (Å²) >= 11 is 0. The van der Waals surface area contributed by atoms with Crippen LogP contribution in [0.4, 0.5) is 0 Å². The van der Waals surface area contributed by atoms with E-state index in [-0.39, 0.29) is 0 Å². The van der Waals surface area contributed by atoms with Gasteiger partial charge < -0.3 is 10.8 Å². The fraction of sp³-hybridized carbons (Fsp3) is 0.955. The number of carboxylic acid groups (broad SMARTS) is 1. The summed E-state index contributed by atoms with van der Waals surface area (Å²) in [6.45, 7) is 0. The molecular weight excluding hydrogens is 310 g/mol. The number of aliphatic carboxylic acids is 1. The lowest BCUT2D eigenvalue weighted by molar-refractivity contribution is -0.144. The Morgan fingerprint density at radius 3 is 0.920 bits per heavy atom. The Hall–Kier alpha value is -0.570. The van der Waals surface area contributed by atoms with Crippen molar-refractivity contribution < 1.29 is 9.90 Å². The van der Waals surface area contributed by atoms with Crippen LogP contribution >= 0.6 is 0 Å². The molecule has 0 saturated heterocycles. The van der Waals surface area contributed by atoms with E-state index in [0.717, 1.165) is 25.7 Å². The molecule has 1 aliphatic rings. The van der Waals surface area contributed by atoms with Crippen molar-refractivity contribution >= 4 is 5.97 Å². The molecule has 0 aromatic carbocycles. The Morgan fingerprint density at radius 1 is 0.520 bits per heavy atom. The fourth-order valence-electron chi connectivity index (χ4n) is 4.05. The van der Waals surface area contributed by atoms with Crippen molar-refractivity contribution in [2.24, 2.45) is 5.73 Å². The highest BCUT2D eigenvalue weighted by Crippen LogP contribution is 2.22. The summed E-state index contributed by atoms with van der Waals surface area (Å²) < 4.78 is 0. The molecule has 0 aromatic heterocycles. The SMILES string of the molecule is NC1(C(=O)O)CCCCCCCCCCCCCCCCCCCC1. The molecule has 1 rings (SSSR count). The molecule has 1 saturated carbocycles. The predicted octanol–water partition coefficient (Wildman–Crippen LogP) is 6.58. The normalized spacial score (nSPS) is 24.0. The summed E-state index contributed by atoms with van der Waals surface area (Å²) in [5.41, 5.74) is 5.22. The molecule has 0 spiro atoms. The van der Waals surface area contributed by atoms with Gasteiger partial charge >= 0.3 is 5.97 Å². The molecule has 3 N–H and O–H groups in total. The first-order valence-electron chi connectivity index (χ1n) is 11.2. The minimum Gasteiger partial charge on any atom is -0.480 e. The minimum absolute atomic E-state index is 0.641. The van der Waals surface area contributed by atoms with Crippen LogP contribution < -0.4 is 5.73 Å². The van der Waals surface area contributed by atoms with Crippen LogP contribution in [0.25, 0.3) is 0 Å². The second-order valence-corrected chi connectivity index (χ2v) is 8.33. The van der Waals surface area contributed by atoms with E-state index in [1.54, 1.807) is 0 Å². The number of carbonyl (C=O) groups is 1. The lowest BCUT2D eigenvalue weighted by Gasteiger charge is -2.24. The third-order valence-electron chi connectivity index (χ3n) is 5.92. The highest BCUT2D eigenvalue weighted by molar-refractivity contribution is 5.78. The lowest BCUT2D eigenvalue weighted by Crippen LogP contribution is -2.47. The van der Waals surface area contributed by atoms with E-state index in [1.807, 2.05) is 0 Å². The third kappa shape index (κ3) is 11.6. The maximum Gasteiger partial charge on any atom is 0.323 e. The Morgan fingerprint density at radius 2 is 0.720 bits per heavy atom. The number of rotatable bonds is 1. The molecule has 0 bridgehead atoms. The number of hydrogen-bond donors (Lipinski definition) is 2. The smallest absolute Gasteiger partial charge is 0.323 e. The highest BCUT2D eigenvalue weighted by atomic mass is 16.4. The van der Waals surface area contributed by atoms with Crippen LogP contribution in [0.2, 0.25) is 0 Å². The standard InChI is InChI=1S/C22H43NO2/c23-22(21(24)25)19-17-15-13-11-9-7-5-3-1-2-4-6-8-10-12-14-16-18-20-22/h1-20,23H2,(H,24,25). The van der Waals surface area contributed by atoms with Crippen LogP contribution in [0.1, 0.15) is 128 Å².